The van der Waals surface area contributed by atoms with Crippen molar-refractivity contribution in [3.05, 3.63) is 63.7 Å². The normalized spacial score (nSPS) is 15.1. The summed E-state index contributed by atoms with van der Waals surface area (Å²) < 4.78 is 28.9. The average molecular weight is 429 g/mol. The van der Waals surface area contributed by atoms with E-state index in [0.29, 0.717) is 11.4 Å². The molecule has 3 aromatic rings. The molecule has 1 aliphatic heterocycles. The molecule has 3 aromatic heterocycles. The zero-order chi connectivity index (χ0) is 22.1. The lowest BCUT2D eigenvalue weighted by Crippen LogP contribution is -2.32. The molecule has 0 unspecified atom stereocenters. The lowest BCUT2D eigenvalue weighted by atomic mass is 10.1. The summed E-state index contributed by atoms with van der Waals surface area (Å²) in [6.07, 6.45) is 5.09. The fraction of sp³-hybridized carbons (Fsp3) is 0.333. The van der Waals surface area contributed by atoms with Crippen LogP contribution < -0.4 is 15.8 Å². The molecule has 4 rings (SSSR count). The molecule has 1 fully saturated rings. The molecule has 0 radical (unpaired) electrons. The minimum absolute atomic E-state index is 0.0710. The predicted molar refractivity (Wildman–Crippen MR) is 111 cm³/mol. The number of nitrogens with one attached hydrogen (secondary N) is 1. The first-order valence-corrected chi connectivity index (χ1v) is 9.96. The highest BCUT2D eigenvalue weighted by molar-refractivity contribution is 5.93. The van der Waals surface area contributed by atoms with E-state index in [4.69, 9.17) is 0 Å². The number of carboxylic acid groups (broad SMARTS) is 1. The number of pyridine rings is 2. The van der Waals surface area contributed by atoms with Crippen molar-refractivity contribution in [2.45, 2.75) is 32.2 Å². The van der Waals surface area contributed by atoms with Crippen molar-refractivity contribution in [1.29, 1.82) is 0 Å². The molecule has 8 nitrogen and oxygen atoms in total. The second-order valence-electron chi connectivity index (χ2n) is 7.53. The summed E-state index contributed by atoms with van der Waals surface area (Å²) in [6.45, 7) is 3.23. The first-order chi connectivity index (χ1) is 14.8. The second-order valence-corrected chi connectivity index (χ2v) is 7.53. The van der Waals surface area contributed by atoms with Crippen LogP contribution in [0.4, 0.5) is 20.4 Å². The van der Waals surface area contributed by atoms with Gasteiger partial charge in [0, 0.05) is 30.9 Å². The van der Waals surface area contributed by atoms with Crippen LogP contribution in [0.3, 0.4) is 0 Å². The first-order valence-electron chi connectivity index (χ1n) is 9.96. The summed E-state index contributed by atoms with van der Waals surface area (Å²) in [7, 11) is 0. The van der Waals surface area contributed by atoms with Crippen molar-refractivity contribution < 1.29 is 18.7 Å². The summed E-state index contributed by atoms with van der Waals surface area (Å²) in [5, 5.41) is 12.2. The highest BCUT2D eigenvalue weighted by atomic mass is 19.1. The van der Waals surface area contributed by atoms with Gasteiger partial charge in [-0.15, -0.1) is 0 Å². The number of piperidine rings is 1. The van der Waals surface area contributed by atoms with Gasteiger partial charge < -0.3 is 15.3 Å². The largest absolute Gasteiger partial charge is 0.478 e. The van der Waals surface area contributed by atoms with Crippen LogP contribution in [0.25, 0.3) is 5.65 Å². The molecule has 10 heteroatoms. The molecule has 162 valence electrons. The van der Waals surface area contributed by atoms with Gasteiger partial charge in [-0.25, -0.2) is 23.5 Å². The van der Waals surface area contributed by atoms with Gasteiger partial charge in [0.1, 0.15) is 34.5 Å². The fourth-order valence-corrected chi connectivity index (χ4v) is 3.78. The van der Waals surface area contributed by atoms with Crippen LogP contribution in [0.2, 0.25) is 0 Å². The van der Waals surface area contributed by atoms with Gasteiger partial charge in [-0.3, -0.25) is 9.20 Å². The maximum Gasteiger partial charge on any atom is 0.339 e. The van der Waals surface area contributed by atoms with Crippen molar-refractivity contribution in [3.8, 4) is 0 Å². The monoisotopic (exact) mass is 429 g/mol. The third-order valence-corrected chi connectivity index (χ3v) is 5.33. The zero-order valence-corrected chi connectivity index (χ0v) is 16.8. The van der Waals surface area contributed by atoms with E-state index in [9.17, 15) is 23.5 Å². The Morgan fingerprint density at radius 1 is 1.16 bits per heavy atom. The van der Waals surface area contributed by atoms with Crippen LogP contribution in [0.15, 0.2) is 35.4 Å². The molecule has 31 heavy (non-hydrogen) atoms. The van der Waals surface area contributed by atoms with Gasteiger partial charge in [0.05, 0.1) is 12.2 Å². The molecule has 1 saturated heterocycles. The standard InChI is InChI=1S/C21H21F2N5O3/c1-12(25-19-16(21(30)31)7-13(22)10-24-19)15-8-14(23)11-28-18(29)9-17(26-20(15)28)27-5-3-2-4-6-27/h7-12H,2-6H2,1H3,(H,24,25)(H,30,31)/t12-/m1/s1. The molecule has 0 aromatic carbocycles. The number of carbonyl (C=O) groups is 1. The lowest BCUT2D eigenvalue weighted by Gasteiger charge is -2.28. The smallest absolute Gasteiger partial charge is 0.339 e. The third kappa shape index (κ3) is 4.18. The third-order valence-electron chi connectivity index (χ3n) is 5.33. The lowest BCUT2D eigenvalue weighted by molar-refractivity contribution is 0.0697. The molecule has 2 N–H and O–H groups in total. The summed E-state index contributed by atoms with van der Waals surface area (Å²) in [5.74, 6) is -2.33. The molecular weight excluding hydrogens is 408 g/mol. The van der Waals surface area contributed by atoms with E-state index < -0.39 is 29.2 Å². The van der Waals surface area contributed by atoms with E-state index in [-0.39, 0.29) is 17.0 Å². The average Bonchev–Trinajstić information content (AvgIpc) is 2.75. The summed E-state index contributed by atoms with van der Waals surface area (Å²) in [6, 6.07) is 2.81. The summed E-state index contributed by atoms with van der Waals surface area (Å²) in [5.41, 5.74) is -0.164. The fourth-order valence-electron chi connectivity index (χ4n) is 3.78. The van der Waals surface area contributed by atoms with E-state index in [1.165, 1.54) is 12.1 Å². The second kappa shape index (κ2) is 8.29. The van der Waals surface area contributed by atoms with Crippen LogP contribution in [0.1, 0.15) is 48.1 Å². The molecule has 0 aliphatic carbocycles. The molecule has 0 spiro atoms. The quantitative estimate of drug-likeness (QED) is 0.642. The molecule has 0 amide bonds. The van der Waals surface area contributed by atoms with Crippen molar-refractivity contribution in [3.63, 3.8) is 0 Å². The minimum atomic E-state index is -1.35. The van der Waals surface area contributed by atoms with Gasteiger partial charge in [-0.2, -0.15) is 0 Å². The minimum Gasteiger partial charge on any atom is -0.478 e. The molecule has 1 aliphatic rings. The van der Waals surface area contributed by atoms with Crippen molar-refractivity contribution in [2.24, 2.45) is 0 Å². The Bertz CT molecular complexity index is 1210. The topological polar surface area (TPSA) is 99.8 Å². The Morgan fingerprint density at radius 3 is 2.61 bits per heavy atom. The van der Waals surface area contributed by atoms with Gasteiger partial charge in [-0.05, 0) is 38.3 Å². The predicted octanol–water partition coefficient (Wildman–Crippen LogP) is 3.23. The van der Waals surface area contributed by atoms with Crippen LogP contribution in [-0.2, 0) is 0 Å². The van der Waals surface area contributed by atoms with Crippen molar-refractivity contribution in [2.75, 3.05) is 23.3 Å². The van der Waals surface area contributed by atoms with E-state index in [0.717, 1.165) is 55.2 Å². The van der Waals surface area contributed by atoms with Gasteiger partial charge in [0.2, 0.25) is 0 Å². The first kappa shape index (κ1) is 20.7. The maximum absolute atomic E-state index is 14.3. The molecule has 4 heterocycles. The van der Waals surface area contributed by atoms with Gasteiger partial charge in [0.25, 0.3) is 5.56 Å². The number of hydrogen-bond acceptors (Lipinski definition) is 6. The molecule has 0 bridgehead atoms. The highest BCUT2D eigenvalue weighted by Gasteiger charge is 2.21. The number of carboxylic acids is 1. The summed E-state index contributed by atoms with van der Waals surface area (Å²) >= 11 is 0. The number of fused-ring (bicyclic) bond motifs is 1. The Kier molecular flexibility index (Phi) is 5.53. The number of aromatic nitrogens is 3. The van der Waals surface area contributed by atoms with Gasteiger partial charge in [-0.1, -0.05) is 0 Å². The number of hydrogen-bond donors (Lipinski definition) is 2. The molecule has 1 atom stereocenters. The van der Waals surface area contributed by atoms with Crippen LogP contribution in [0, 0.1) is 11.6 Å². The number of rotatable bonds is 5. The van der Waals surface area contributed by atoms with E-state index in [1.807, 2.05) is 4.90 Å². The zero-order valence-electron chi connectivity index (χ0n) is 16.8. The summed E-state index contributed by atoms with van der Waals surface area (Å²) in [4.78, 5) is 34.6. The van der Waals surface area contributed by atoms with Gasteiger partial charge in [0.15, 0.2) is 0 Å². The van der Waals surface area contributed by atoms with Crippen molar-refractivity contribution >= 4 is 23.3 Å². The van der Waals surface area contributed by atoms with E-state index in [1.54, 1.807) is 6.92 Å². The number of anilines is 2. The Hall–Kier alpha value is -3.56. The van der Waals surface area contributed by atoms with E-state index >= 15 is 0 Å². The molecular formula is C21H21F2N5O3. The Balaban J connectivity index is 1.78. The van der Waals surface area contributed by atoms with Crippen LogP contribution >= 0.6 is 0 Å². The van der Waals surface area contributed by atoms with Crippen LogP contribution in [-0.4, -0.2) is 38.5 Å². The van der Waals surface area contributed by atoms with E-state index in [2.05, 4.69) is 15.3 Å². The van der Waals surface area contributed by atoms with Gasteiger partial charge >= 0.3 is 5.97 Å². The Morgan fingerprint density at radius 2 is 1.90 bits per heavy atom. The van der Waals surface area contributed by atoms with Crippen LogP contribution in [0.5, 0.6) is 0 Å². The SMILES string of the molecule is C[C@@H](Nc1ncc(F)cc1C(=O)O)c1cc(F)cn2c(=O)cc(N3CCCCC3)nc12. The van der Waals surface area contributed by atoms with Crippen molar-refractivity contribution in [1.82, 2.24) is 14.4 Å². The molecule has 0 saturated carbocycles. The Labute approximate surface area is 176 Å². The maximum atomic E-state index is 14.3. The number of halogens is 2. The highest BCUT2D eigenvalue weighted by Crippen LogP contribution is 2.26. The number of nitrogens with zero attached hydrogens (tertiary/aromatic N) is 4. The number of aromatic carboxylic acids is 1.